The van der Waals surface area contributed by atoms with Crippen LogP contribution in [-0.2, 0) is 4.74 Å². The first kappa shape index (κ1) is 19.2. The second kappa shape index (κ2) is 11.7. The van der Waals surface area contributed by atoms with Gasteiger partial charge in [0.2, 0.25) is 0 Å². The number of aliphatic imine (C=N–C) groups is 1. The van der Waals surface area contributed by atoms with E-state index in [1.807, 2.05) is 0 Å². The van der Waals surface area contributed by atoms with Crippen molar-refractivity contribution in [2.45, 2.75) is 40.5 Å². The zero-order valence-corrected chi connectivity index (χ0v) is 15.0. The van der Waals surface area contributed by atoms with E-state index in [9.17, 15) is 0 Å². The van der Waals surface area contributed by atoms with Crippen molar-refractivity contribution in [3.05, 3.63) is 0 Å². The summed E-state index contributed by atoms with van der Waals surface area (Å²) in [4.78, 5) is 7.24. The second-order valence-electron chi connectivity index (χ2n) is 6.52. The first-order chi connectivity index (χ1) is 10.7. The number of rotatable bonds is 10. The number of guanidine groups is 1. The summed E-state index contributed by atoms with van der Waals surface area (Å²) in [5.41, 5.74) is 0. The molecule has 0 aliphatic carbocycles. The molecule has 1 aliphatic rings. The zero-order chi connectivity index (χ0) is 16.2. The third-order valence-corrected chi connectivity index (χ3v) is 3.88. The molecule has 0 bridgehead atoms. The van der Waals surface area contributed by atoms with E-state index < -0.39 is 0 Å². The fraction of sp³-hybridized carbons (Fsp3) is 0.941. The fourth-order valence-electron chi connectivity index (χ4n) is 2.61. The molecule has 1 heterocycles. The molecule has 1 atom stereocenters. The van der Waals surface area contributed by atoms with Gasteiger partial charge in [0.1, 0.15) is 0 Å². The Morgan fingerprint density at radius 3 is 2.77 bits per heavy atom. The predicted octanol–water partition coefficient (Wildman–Crippen LogP) is 1.95. The van der Waals surface area contributed by atoms with Crippen LogP contribution in [0.2, 0.25) is 0 Å². The van der Waals surface area contributed by atoms with Crippen molar-refractivity contribution in [2.75, 3.05) is 52.5 Å². The lowest BCUT2D eigenvalue weighted by atomic mass is 10.1. The van der Waals surface area contributed by atoms with E-state index in [4.69, 9.17) is 9.73 Å². The largest absolute Gasteiger partial charge is 0.381 e. The minimum Gasteiger partial charge on any atom is -0.381 e. The highest BCUT2D eigenvalue weighted by Crippen LogP contribution is 2.15. The van der Waals surface area contributed by atoms with Crippen molar-refractivity contribution in [3.63, 3.8) is 0 Å². The lowest BCUT2D eigenvalue weighted by Crippen LogP contribution is -2.38. The molecule has 0 amide bonds. The number of hydrogen-bond donors (Lipinski definition) is 2. The topological polar surface area (TPSA) is 48.9 Å². The highest BCUT2D eigenvalue weighted by Gasteiger charge is 2.20. The molecule has 0 radical (unpaired) electrons. The van der Waals surface area contributed by atoms with Gasteiger partial charge < -0.3 is 20.3 Å². The van der Waals surface area contributed by atoms with E-state index in [2.05, 4.69) is 43.2 Å². The van der Waals surface area contributed by atoms with Crippen LogP contribution in [0, 0.1) is 11.8 Å². The molecule has 0 aromatic rings. The van der Waals surface area contributed by atoms with E-state index in [-0.39, 0.29) is 0 Å². The Morgan fingerprint density at radius 2 is 2.14 bits per heavy atom. The average Bonchev–Trinajstić information content (AvgIpc) is 2.96. The standard InChI is InChI=1S/C17H36N4O/c1-5-18-17(19-9-7-11-22-14-15(3)4)20-12-16-8-10-21(6-2)13-16/h15-16H,5-14H2,1-4H3,(H2,18,19,20). The lowest BCUT2D eigenvalue weighted by molar-refractivity contribution is 0.108. The number of nitrogens with zero attached hydrogens (tertiary/aromatic N) is 2. The Hall–Kier alpha value is -0.810. The van der Waals surface area contributed by atoms with Crippen molar-refractivity contribution in [1.82, 2.24) is 15.5 Å². The van der Waals surface area contributed by atoms with Crippen molar-refractivity contribution < 1.29 is 4.74 Å². The van der Waals surface area contributed by atoms with Gasteiger partial charge in [-0.25, -0.2) is 0 Å². The van der Waals surface area contributed by atoms with Crippen LogP contribution in [0.15, 0.2) is 4.99 Å². The molecular weight excluding hydrogens is 276 g/mol. The monoisotopic (exact) mass is 312 g/mol. The molecule has 1 saturated heterocycles. The lowest BCUT2D eigenvalue weighted by Gasteiger charge is -2.14. The molecule has 130 valence electrons. The Kier molecular flexibility index (Phi) is 10.2. The van der Waals surface area contributed by atoms with Crippen LogP contribution in [0.5, 0.6) is 0 Å². The van der Waals surface area contributed by atoms with Crippen LogP contribution in [0.25, 0.3) is 0 Å². The van der Waals surface area contributed by atoms with E-state index >= 15 is 0 Å². The van der Waals surface area contributed by atoms with Gasteiger partial charge in [-0.2, -0.15) is 0 Å². The number of likely N-dealkylation sites (tertiary alicyclic amines) is 1. The third kappa shape index (κ3) is 8.59. The molecule has 0 aromatic carbocycles. The highest BCUT2D eigenvalue weighted by molar-refractivity contribution is 5.79. The van der Waals surface area contributed by atoms with Gasteiger partial charge in [0, 0.05) is 39.4 Å². The molecule has 1 unspecified atom stereocenters. The number of ether oxygens (including phenoxy) is 1. The number of nitrogens with one attached hydrogen (secondary N) is 2. The molecule has 0 aromatic heterocycles. The highest BCUT2D eigenvalue weighted by atomic mass is 16.5. The maximum atomic E-state index is 5.60. The van der Waals surface area contributed by atoms with Crippen molar-refractivity contribution in [1.29, 1.82) is 0 Å². The van der Waals surface area contributed by atoms with E-state index in [0.717, 1.165) is 51.8 Å². The third-order valence-electron chi connectivity index (χ3n) is 3.88. The quantitative estimate of drug-likeness (QED) is 0.368. The van der Waals surface area contributed by atoms with Gasteiger partial charge in [-0.15, -0.1) is 0 Å². The van der Waals surface area contributed by atoms with Crippen LogP contribution in [0.3, 0.4) is 0 Å². The zero-order valence-electron chi connectivity index (χ0n) is 15.0. The van der Waals surface area contributed by atoms with Gasteiger partial charge in [-0.05, 0) is 44.7 Å². The SMILES string of the molecule is CCNC(=NCC1CCN(CC)C1)NCCCOCC(C)C. The van der Waals surface area contributed by atoms with Crippen molar-refractivity contribution in [2.24, 2.45) is 16.8 Å². The Bertz CT molecular complexity index is 307. The van der Waals surface area contributed by atoms with E-state index in [1.165, 1.54) is 19.5 Å². The summed E-state index contributed by atoms with van der Waals surface area (Å²) in [6, 6.07) is 0. The normalized spacial score (nSPS) is 19.9. The summed E-state index contributed by atoms with van der Waals surface area (Å²) in [6.07, 6.45) is 2.30. The summed E-state index contributed by atoms with van der Waals surface area (Å²) in [7, 11) is 0. The molecule has 0 spiro atoms. The summed E-state index contributed by atoms with van der Waals surface area (Å²) < 4.78 is 5.60. The van der Waals surface area contributed by atoms with Gasteiger partial charge in [-0.3, -0.25) is 4.99 Å². The van der Waals surface area contributed by atoms with Crippen LogP contribution in [0.1, 0.15) is 40.5 Å². The van der Waals surface area contributed by atoms with Crippen LogP contribution in [0.4, 0.5) is 0 Å². The van der Waals surface area contributed by atoms with E-state index in [1.54, 1.807) is 0 Å². The van der Waals surface area contributed by atoms with Crippen LogP contribution < -0.4 is 10.6 Å². The molecule has 5 nitrogen and oxygen atoms in total. The summed E-state index contributed by atoms with van der Waals surface area (Å²) in [5, 5.41) is 6.73. The minimum atomic E-state index is 0.612. The summed E-state index contributed by atoms with van der Waals surface area (Å²) in [6.45, 7) is 16.7. The average molecular weight is 313 g/mol. The summed E-state index contributed by atoms with van der Waals surface area (Å²) >= 11 is 0. The maximum Gasteiger partial charge on any atom is 0.191 e. The molecule has 22 heavy (non-hydrogen) atoms. The van der Waals surface area contributed by atoms with Crippen molar-refractivity contribution in [3.8, 4) is 0 Å². The smallest absolute Gasteiger partial charge is 0.191 e. The molecule has 2 N–H and O–H groups in total. The summed E-state index contributed by atoms with van der Waals surface area (Å²) in [5.74, 6) is 2.27. The van der Waals surface area contributed by atoms with Crippen LogP contribution >= 0.6 is 0 Å². The Morgan fingerprint density at radius 1 is 1.32 bits per heavy atom. The molecule has 1 fully saturated rings. The second-order valence-corrected chi connectivity index (χ2v) is 6.52. The van der Waals surface area contributed by atoms with Crippen molar-refractivity contribution >= 4 is 5.96 Å². The van der Waals surface area contributed by atoms with E-state index in [0.29, 0.717) is 11.8 Å². The van der Waals surface area contributed by atoms with Crippen LogP contribution in [-0.4, -0.2) is 63.3 Å². The van der Waals surface area contributed by atoms with Gasteiger partial charge in [-0.1, -0.05) is 20.8 Å². The van der Waals surface area contributed by atoms with Gasteiger partial charge >= 0.3 is 0 Å². The first-order valence-electron chi connectivity index (χ1n) is 8.97. The fourth-order valence-corrected chi connectivity index (χ4v) is 2.61. The molecule has 1 aliphatic heterocycles. The Balaban J connectivity index is 2.19. The van der Waals surface area contributed by atoms with Gasteiger partial charge in [0.15, 0.2) is 5.96 Å². The Labute approximate surface area is 136 Å². The molecular formula is C17H36N4O. The number of hydrogen-bond acceptors (Lipinski definition) is 3. The molecule has 5 heteroatoms. The van der Waals surface area contributed by atoms with Gasteiger partial charge in [0.25, 0.3) is 0 Å². The minimum absolute atomic E-state index is 0.612. The molecule has 1 rings (SSSR count). The predicted molar refractivity (Wildman–Crippen MR) is 94.5 cm³/mol. The molecule has 0 saturated carbocycles. The first-order valence-corrected chi connectivity index (χ1v) is 8.97. The van der Waals surface area contributed by atoms with Gasteiger partial charge in [0.05, 0.1) is 0 Å². The maximum absolute atomic E-state index is 5.60.